The van der Waals surface area contributed by atoms with Crippen LogP contribution in [0.4, 0.5) is 0 Å². The molecule has 1 aromatic heterocycles. The molecule has 0 fully saturated rings. The highest BCUT2D eigenvalue weighted by Crippen LogP contribution is 2.05. The SMILES string of the molecule is O=C(CCc1ccccc1)n1cc(I)cn1. The molecule has 2 aromatic rings. The van der Waals surface area contributed by atoms with Crippen LogP contribution in [0, 0.1) is 3.57 Å². The van der Waals surface area contributed by atoms with Crippen molar-refractivity contribution in [3.05, 3.63) is 51.9 Å². The Bertz CT molecular complexity index is 479. The van der Waals surface area contributed by atoms with E-state index in [2.05, 4.69) is 27.7 Å². The Morgan fingerprint density at radius 1 is 1.31 bits per heavy atom. The summed E-state index contributed by atoms with van der Waals surface area (Å²) in [4.78, 5) is 11.7. The number of benzene rings is 1. The molecular formula is C12H11IN2O. The number of halogens is 1. The minimum Gasteiger partial charge on any atom is -0.273 e. The van der Waals surface area contributed by atoms with Gasteiger partial charge in [-0.15, -0.1) is 0 Å². The summed E-state index contributed by atoms with van der Waals surface area (Å²) in [5.41, 5.74) is 1.18. The maximum absolute atomic E-state index is 11.7. The molecular weight excluding hydrogens is 315 g/mol. The highest BCUT2D eigenvalue weighted by molar-refractivity contribution is 14.1. The molecule has 0 aliphatic rings. The molecule has 1 aromatic carbocycles. The molecule has 0 N–H and O–H groups in total. The van der Waals surface area contributed by atoms with Crippen LogP contribution in [0.1, 0.15) is 16.8 Å². The number of rotatable bonds is 3. The predicted molar refractivity (Wildman–Crippen MR) is 70.3 cm³/mol. The van der Waals surface area contributed by atoms with Crippen LogP contribution in [0.2, 0.25) is 0 Å². The van der Waals surface area contributed by atoms with Gasteiger partial charge in [0.2, 0.25) is 5.91 Å². The molecule has 0 amide bonds. The van der Waals surface area contributed by atoms with Crippen molar-refractivity contribution in [2.45, 2.75) is 12.8 Å². The maximum Gasteiger partial charge on any atom is 0.247 e. The van der Waals surface area contributed by atoms with E-state index in [0.717, 1.165) is 9.99 Å². The van der Waals surface area contributed by atoms with Gasteiger partial charge in [-0.1, -0.05) is 30.3 Å². The topological polar surface area (TPSA) is 34.9 Å². The minimum atomic E-state index is 0.0340. The molecule has 16 heavy (non-hydrogen) atoms. The number of nitrogens with zero attached hydrogens (tertiary/aromatic N) is 2. The quantitative estimate of drug-likeness (QED) is 0.813. The van der Waals surface area contributed by atoms with E-state index in [1.165, 1.54) is 10.2 Å². The number of hydrogen-bond acceptors (Lipinski definition) is 2. The van der Waals surface area contributed by atoms with Gasteiger partial charge in [-0.3, -0.25) is 4.79 Å². The Hall–Kier alpha value is -1.17. The molecule has 0 bridgehead atoms. The van der Waals surface area contributed by atoms with E-state index in [-0.39, 0.29) is 5.91 Å². The van der Waals surface area contributed by atoms with Gasteiger partial charge in [0, 0.05) is 12.6 Å². The zero-order valence-corrected chi connectivity index (χ0v) is 10.8. The standard InChI is InChI=1S/C12H11IN2O/c13-11-8-14-15(9-11)12(16)7-6-10-4-2-1-3-5-10/h1-5,8-9H,6-7H2. The van der Waals surface area contributed by atoms with Crippen LogP contribution < -0.4 is 0 Å². The fourth-order valence-corrected chi connectivity index (χ4v) is 1.84. The summed E-state index contributed by atoms with van der Waals surface area (Å²) < 4.78 is 2.38. The van der Waals surface area contributed by atoms with Crippen molar-refractivity contribution in [3.63, 3.8) is 0 Å². The van der Waals surface area contributed by atoms with Gasteiger partial charge in [-0.05, 0) is 34.6 Å². The maximum atomic E-state index is 11.7. The van der Waals surface area contributed by atoms with Crippen LogP contribution in [-0.2, 0) is 6.42 Å². The van der Waals surface area contributed by atoms with Crippen LogP contribution in [-0.4, -0.2) is 15.7 Å². The first kappa shape index (κ1) is 11.3. The summed E-state index contributed by atoms with van der Waals surface area (Å²) in [6, 6.07) is 9.99. The Labute approximate surface area is 108 Å². The molecule has 0 saturated heterocycles. The summed E-state index contributed by atoms with van der Waals surface area (Å²) in [6.07, 6.45) is 4.67. The molecule has 0 atom stereocenters. The van der Waals surface area contributed by atoms with E-state index < -0.39 is 0 Å². The first-order valence-electron chi connectivity index (χ1n) is 5.03. The summed E-state index contributed by atoms with van der Waals surface area (Å²) in [5, 5.41) is 3.99. The Morgan fingerprint density at radius 2 is 2.06 bits per heavy atom. The molecule has 1 heterocycles. The van der Waals surface area contributed by atoms with Gasteiger partial charge in [0.25, 0.3) is 0 Å². The van der Waals surface area contributed by atoms with Crippen molar-refractivity contribution >= 4 is 28.5 Å². The molecule has 3 nitrogen and oxygen atoms in total. The lowest BCUT2D eigenvalue weighted by molar-refractivity contribution is 0.0887. The second-order valence-corrected chi connectivity index (χ2v) is 4.73. The minimum absolute atomic E-state index is 0.0340. The first-order chi connectivity index (χ1) is 7.75. The predicted octanol–water partition coefficient (Wildman–Crippen LogP) is 2.76. The zero-order valence-electron chi connectivity index (χ0n) is 8.64. The summed E-state index contributed by atoms with van der Waals surface area (Å²) >= 11 is 2.14. The van der Waals surface area contributed by atoms with Crippen molar-refractivity contribution in [2.75, 3.05) is 0 Å². The van der Waals surface area contributed by atoms with Crippen LogP contribution in [0.15, 0.2) is 42.7 Å². The summed E-state index contributed by atoms with van der Waals surface area (Å²) in [6.45, 7) is 0. The van der Waals surface area contributed by atoms with Crippen molar-refractivity contribution in [1.29, 1.82) is 0 Å². The molecule has 0 spiro atoms. The molecule has 4 heteroatoms. The van der Waals surface area contributed by atoms with Gasteiger partial charge < -0.3 is 0 Å². The monoisotopic (exact) mass is 326 g/mol. The molecule has 82 valence electrons. The summed E-state index contributed by atoms with van der Waals surface area (Å²) in [5.74, 6) is 0.0340. The lowest BCUT2D eigenvalue weighted by Gasteiger charge is -2.00. The molecule has 0 saturated carbocycles. The highest BCUT2D eigenvalue weighted by atomic mass is 127. The van der Waals surface area contributed by atoms with E-state index in [0.29, 0.717) is 6.42 Å². The average Bonchev–Trinajstić information content (AvgIpc) is 2.74. The van der Waals surface area contributed by atoms with E-state index in [9.17, 15) is 4.79 Å². The van der Waals surface area contributed by atoms with Crippen molar-refractivity contribution in [2.24, 2.45) is 0 Å². The first-order valence-corrected chi connectivity index (χ1v) is 6.11. The third-order valence-corrected chi connectivity index (χ3v) is 2.83. The fourth-order valence-electron chi connectivity index (χ4n) is 1.45. The Kier molecular flexibility index (Phi) is 3.71. The molecule has 0 aliphatic carbocycles. The van der Waals surface area contributed by atoms with Crippen LogP contribution in [0.3, 0.4) is 0 Å². The lowest BCUT2D eigenvalue weighted by atomic mass is 10.1. The average molecular weight is 326 g/mol. The third kappa shape index (κ3) is 2.91. The number of aryl methyl sites for hydroxylation is 1. The third-order valence-electron chi connectivity index (χ3n) is 2.28. The number of hydrogen-bond donors (Lipinski definition) is 0. The Morgan fingerprint density at radius 3 is 2.69 bits per heavy atom. The molecule has 0 radical (unpaired) electrons. The van der Waals surface area contributed by atoms with Crippen LogP contribution in [0.25, 0.3) is 0 Å². The Balaban J connectivity index is 1.94. The van der Waals surface area contributed by atoms with Crippen molar-refractivity contribution in [1.82, 2.24) is 9.78 Å². The van der Waals surface area contributed by atoms with E-state index in [1.807, 2.05) is 30.3 Å². The van der Waals surface area contributed by atoms with Gasteiger partial charge in [-0.25, -0.2) is 4.68 Å². The van der Waals surface area contributed by atoms with Gasteiger partial charge >= 0.3 is 0 Å². The smallest absolute Gasteiger partial charge is 0.247 e. The van der Waals surface area contributed by atoms with E-state index in [4.69, 9.17) is 0 Å². The van der Waals surface area contributed by atoms with Gasteiger partial charge in [0.1, 0.15) is 0 Å². The van der Waals surface area contributed by atoms with Gasteiger partial charge in [0.05, 0.1) is 9.77 Å². The van der Waals surface area contributed by atoms with Crippen molar-refractivity contribution in [3.8, 4) is 0 Å². The zero-order chi connectivity index (χ0) is 11.4. The van der Waals surface area contributed by atoms with Crippen LogP contribution in [0.5, 0.6) is 0 Å². The number of carbonyl (C=O) groups is 1. The number of aromatic nitrogens is 2. The lowest BCUT2D eigenvalue weighted by Crippen LogP contribution is -2.11. The molecule has 2 rings (SSSR count). The fraction of sp³-hybridized carbons (Fsp3) is 0.167. The summed E-state index contributed by atoms with van der Waals surface area (Å²) in [7, 11) is 0. The largest absolute Gasteiger partial charge is 0.273 e. The molecule has 0 aliphatic heterocycles. The van der Waals surface area contributed by atoms with Gasteiger partial charge in [-0.2, -0.15) is 5.10 Å². The van der Waals surface area contributed by atoms with Crippen molar-refractivity contribution < 1.29 is 4.79 Å². The van der Waals surface area contributed by atoms with E-state index >= 15 is 0 Å². The normalized spacial score (nSPS) is 10.3. The number of carbonyl (C=O) groups excluding carboxylic acids is 1. The molecule has 0 unspecified atom stereocenters. The van der Waals surface area contributed by atoms with Crippen LogP contribution >= 0.6 is 22.6 Å². The second kappa shape index (κ2) is 5.25. The second-order valence-electron chi connectivity index (χ2n) is 3.48. The van der Waals surface area contributed by atoms with E-state index in [1.54, 1.807) is 12.4 Å². The van der Waals surface area contributed by atoms with Gasteiger partial charge in [0.15, 0.2) is 0 Å². The highest BCUT2D eigenvalue weighted by Gasteiger charge is 2.06.